The van der Waals surface area contributed by atoms with Crippen molar-refractivity contribution in [3.8, 4) is 5.75 Å². The number of hydrogen-bond acceptors (Lipinski definition) is 4. The summed E-state index contributed by atoms with van der Waals surface area (Å²) < 4.78 is 5.51. The van der Waals surface area contributed by atoms with Crippen molar-refractivity contribution in [3.63, 3.8) is 0 Å². The van der Waals surface area contributed by atoms with Crippen molar-refractivity contribution >= 4 is 17.3 Å². The van der Waals surface area contributed by atoms with Crippen LogP contribution < -0.4 is 15.9 Å². The highest BCUT2D eigenvalue weighted by Crippen LogP contribution is 2.18. The molecule has 5 nitrogen and oxygen atoms in total. The molecule has 0 saturated carbocycles. The van der Waals surface area contributed by atoms with Crippen LogP contribution in [0.5, 0.6) is 5.75 Å². The minimum Gasteiger partial charge on any atom is -0.483 e. The average Bonchev–Trinajstić information content (AvgIpc) is 2.51. The number of carbonyl (C=O) groups excluding carboxylic acids is 1. The number of carbonyl (C=O) groups is 1. The molecule has 0 unspecified atom stereocenters. The maximum absolute atomic E-state index is 11.8. The molecule has 23 heavy (non-hydrogen) atoms. The van der Waals surface area contributed by atoms with E-state index in [0.717, 1.165) is 16.7 Å². The van der Waals surface area contributed by atoms with Gasteiger partial charge in [0.05, 0.1) is 5.71 Å². The van der Waals surface area contributed by atoms with Crippen LogP contribution in [-0.2, 0) is 4.79 Å². The normalized spacial score (nSPS) is 11.2. The lowest BCUT2D eigenvalue weighted by atomic mass is 10.1. The second-order valence-electron chi connectivity index (χ2n) is 5.42. The first-order chi connectivity index (χ1) is 11.0. The van der Waals surface area contributed by atoms with Crippen molar-refractivity contribution in [1.29, 1.82) is 0 Å². The van der Waals surface area contributed by atoms with Gasteiger partial charge in [0, 0.05) is 5.69 Å². The molecule has 0 atom stereocenters. The number of nitrogens with zero attached hydrogens (tertiary/aromatic N) is 1. The van der Waals surface area contributed by atoms with Crippen LogP contribution in [0.25, 0.3) is 0 Å². The second kappa shape index (κ2) is 7.45. The van der Waals surface area contributed by atoms with Crippen LogP contribution in [-0.4, -0.2) is 18.2 Å². The number of nitrogens with one attached hydrogen (secondary N) is 1. The number of rotatable bonds is 5. The fourth-order valence-corrected chi connectivity index (χ4v) is 2.11. The van der Waals surface area contributed by atoms with Crippen LogP contribution in [0, 0.1) is 13.8 Å². The molecule has 2 aromatic carbocycles. The number of nitrogens with two attached hydrogens (primary N) is 1. The third kappa shape index (κ3) is 4.85. The van der Waals surface area contributed by atoms with Gasteiger partial charge in [0.15, 0.2) is 6.61 Å². The van der Waals surface area contributed by atoms with Gasteiger partial charge < -0.3 is 10.5 Å². The smallest absolute Gasteiger partial charge is 0.277 e. The summed E-state index contributed by atoms with van der Waals surface area (Å²) in [5, 5.41) is 4.07. The molecule has 0 spiro atoms. The van der Waals surface area contributed by atoms with E-state index >= 15 is 0 Å². The lowest BCUT2D eigenvalue weighted by Gasteiger charge is -2.09. The lowest BCUT2D eigenvalue weighted by Crippen LogP contribution is -2.25. The topological polar surface area (TPSA) is 76.7 Å². The fraction of sp³-hybridized carbons (Fsp3) is 0.222. The van der Waals surface area contributed by atoms with Gasteiger partial charge in [-0.15, -0.1) is 0 Å². The molecule has 0 aliphatic heterocycles. The molecule has 0 aliphatic carbocycles. The van der Waals surface area contributed by atoms with Crippen molar-refractivity contribution in [3.05, 3.63) is 59.2 Å². The summed E-state index contributed by atoms with van der Waals surface area (Å²) in [5.74, 6) is 0.385. The molecule has 1 amide bonds. The van der Waals surface area contributed by atoms with E-state index < -0.39 is 0 Å². The van der Waals surface area contributed by atoms with E-state index in [1.54, 1.807) is 19.1 Å². The van der Waals surface area contributed by atoms with Crippen LogP contribution in [0.1, 0.15) is 23.6 Å². The molecule has 2 aromatic rings. The van der Waals surface area contributed by atoms with Gasteiger partial charge in [0.25, 0.3) is 5.91 Å². The Labute approximate surface area is 136 Å². The van der Waals surface area contributed by atoms with Gasteiger partial charge in [-0.05, 0) is 50.1 Å². The quantitative estimate of drug-likeness (QED) is 0.506. The Kier molecular flexibility index (Phi) is 5.36. The van der Waals surface area contributed by atoms with Crippen LogP contribution in [0.15, 0.2) is 47.6 Å². The Balaban J connectivity index is 1.90. The first kappa shape index (κ1) is 16.5. The third-order valence-electron chi connectivity index (χ3n) is 3.34. The van der Waals surface area contributed by atoms with Gasteiger partial charge in [-0.25, -0.2) is 5.43 Å². The minimum atomic E-state index is -0.312. The Morgan fingerprint density at radius 3 is 2.70 bits per heavy atom. The maximum atomic E-state index is 11.8. The number of aryl methyl sites for hydroxylation is 2. The zero-order valence-corrected chi connectivity index (χ0v) is 13.6. The summed E-state index contributed by atoms with van der Waals surface area (Å²) in [6, 6.07) is 13.1. The van der Waals surface area contributed by atoms with Crippen LogP contribution >= 0.6 is 0 Å². The summed E-state index contributed by atoms with van der Waals surface area (Å²) in [5.41, 5.74) is 12.6. The van der Waals surface area contributed by atoms with Crippen LogP contribution in [0.4, 0.5) is 5.69 Å². The molecule has 120 valence electrons. The first-order valence-corrected chi connectivity index (χ1v) is 7.35. The monoisotopic (exact) mass is 311 g/mol. The van der Waals surface area contributed by atoms with E-state index in [2.05, 4.69) is 10.5 Å². The Bertz CT molecular complexity index is 739. The van der Waals surface area contributed by atoms with E-state index in [1.165, 1.54) is 0 Å². The van der Waals surface area contributed by atoms with Crippen molar-refractivity contribution in [2.24, 2.45) is 5.10 Å². The maximum Gasteiger partial charge on any atom is 0.277 e. The van der Waals surface area contributed by atoms with Gasteiger partial charge in [-0.1, -0.05) is 29.8 Å². The summed E-state index contributed by atoms with van der Waals surface area (Å²) in [6.07, 6.45) is 0. The predicted molar refractivity (Wildman–Crippen MR) is 92.6 cm³/mol. The van der Waals surface area contributed by atoms with Crippen molar-refractivity contribution in [2.45, 2.75) is 20.8 Å². The average molecular weight is 311 g/mol. The number of anilines is 1. The number of hydrazone groups is 1. The van der Waals surface area contributed by atoms with Crippen molar-refractivity contribution in [2.75, 3.05) is 12.3 Å². The molecule has 0 fully saturated rings. The zero-order chi connectivity index (χ0) is 16.8. The predicted octanol–water partition coefficient (Wildman–Crippen LogP) is 2.80. The molecule has 0 aromatic heterocycles. The van der Waals surface area contributed by atoms with Crippen LogP contribution in [0.2, 0.25) is 0 Å². The van der Waals surface area contributed by atoms with Crippen LogP contribution in [0.3, 0.4) is 0 Å². The van der Waals surface area contributed by atoms with Crippen molar-refractivity contribution in [1.82, 2.24) is 5.43 Å². The molecule has 0 radical (unpaired) electrons. The summed E-state index contributed by atoms with van der Waals surface area (Å²) in [7, 11) is 0. The highest BCUT2D eigenvalue weighted by Gasteiger charge is 2.05. The fourth-order valence-electron chi connectivity index (χ4n) is 2.11. The third-order valence-corrected chi connectivity index (χ3v) is 3.34. The van der Waals surface area contributed by atoms with E-state index in [4.69, 9.17) is 10.5 Å². The number of benzene rings is 2. The molecule has 5 heteroatoms. The largest absolute Gasteiger partial charge is 0.483 e. The van der Waals surface area contributed by atoms with Gasteiger partial charge in [-0.3, -0.25) is 4.79 Å². The van der Waals surface area contributed by atoms with E-state index in [9.17, 15) is 4.79 Å². The Hall–Kier alpha value is -2.82. The molecule has 0 saturated heterocycles. The lowest BCUT2D eigenvalue weighted by molar-refractivity contribution is -0.123. The van der Waals surface area contributed by atoms with Gasteiger partial charge >= 0.3 is 0 Å². The highest BCUT2D eigenvalue weighted by molar-refractivity contribution is 5.99. The molecule has 0 aliphatic rings. The van der Waals surface area contributed by atoms with E-state index in [1.807, 2.05) is 44.2 Å². The Morgan fingerprint density at radius 1 is 1.22 bits per heavy atom. The number of hydrogen-bond donors (Lipinski definition) is 2. The molecular weight excluding hydrogens is 290 g/mol. The zero-order valence-electron chi connectivity index (χ0n) is 13.6. The highest BCUT2D eigenvalue weighted by atomic mass is 16.5. The summed E-state index contributed by atoms with van der Waals surface area (Å²) >= 11 is 0. The summed E-state index contributed by atoms with van der Waals surface area (Å²) in [4.78, 5) is 11.8. The van der Waals surface area contributed by atoms with Gasteiger partial charge in [-0.2, -0.15) is 5.10 Å². The molecule has 0 heterocycles. The Morgan fingerprint density at radius 2 is 2.00 bits per heavy atom. The minimum absolute atomic E-state index is 0.0857. The van der Waals surface area contributed by atoms with Gasteiger partial charge in [0.2, 0.25) is 0 Å². The van der Waals surface area contributed by atoms with E-state index in [-0.39, 0.29) is 12.5 Å². The summed E-state index contributed by atoms with van der Waals surface area (Å²) in [6.45, 7) is 5.68. The first-order valence-electron chi connectivity index (χ1n) is 7.35. The number of amides is 1. The molecule has 0 bridgehead atoms. The molecule has 3 N–H and O–H groups in total. The van der Waals surface area contributed by atoms with E-state index in [0.29, 0.717) is 17.1 Å². The molecular formula is C18H21N3O2. The standard InChI is InChI=1S/C18H21N3O2/c1-12-7-8-17(13(2)9-12)23-11-18(22)21-20-14(3)15-5-4-6-16(19)10-15/h4-10H,11,19H2,1-3H3,(H,21,22). The SMILES string of the molecule is CC(=NNC(=O)COc1ccc(C)cc1C)c1cccc(N)c1. The number of ether oxygens (including phenoxy) is 1. The molecule has 2 rings (SSSR count). The van der Waals surface area contributed by atoms with Gasteiger partial charge in [0.1, 0.15) is 5.75 Å². The second-order valence-corrected chi connectivity index (χ2v) is 5.42. The van der Waals surface area contributed by atoms with Crippen molar-refractivity contribution < 1.29 is 9.53 Å². The number of nitrogen functional groups attached to an aromatic ring is 1.